The van der Waals surface area contributed by atoms with Crippen molar-refractivity contribution in [2.45, 2.75) is 44.6 Å². The molecule has 1 rings (SSSR count). The number of aromatic amines is 1. The third kappa shape index (κ3) is 3.54. The van der Waals surface area contributed by atoms with E-state index in [0.29, 0.717) is 5.69 Å². The number of aliphatic carboxylic acids is 1. The minimum absolute atomic E-state index is 0.0767. The number of carboxylic acids is 1. The summed E-state index contributed by atoms with van der Waals surface area (Å²) in [4.78, 5) is 10.7. The number of H-pyrrole nitrogens is 1. The molecule has 0 aliphatic heterocycles. The molecular formula is C11H19N3O4S. The Kier molecular flexibility index (Phi) is 4.36. The molecule has 0 aromatic carbocycles. The Morgan fingerprint density at radius 1 is 1.47 bits per heavy atom. The summed E-state index contributed by atoms with van der Waals surface area (Å²) in [5.74, 6) is -1.03. The minimum Gasteiger partial charge on any atom is -0.481 e. The number of aryl methyl sites for hydroxylation is 1. The molecule has 1 aromatic heterocycles. The topological polar surface area (TPSA) is 103 Å². The average molecular weight is 289 g/mol. The zero-order chi connectivity index (χ0) is 14.8. The van der Waals surface area contributed by atoms with Crippen LogP contribution in [0, 0.1) is 6.92 Å². The quantitative estimate of drug-likeness (QED) is 0.841. The number of carboxylic acid groups (broad SMARTS) is 1. The van der Waals surface area contributed by atoms with E-state index >= 15 is 0 Å². The van der Waals surface area contributed by atoms with E-state index in [0.717, 1.165) is 0 Å². The molecule has 0 fully saturated rings. The summed E-state index contributed by atoms with van der Waals surface area (Å²) in [6.45, 7) is 6.70. The highest BCUT2D eigenvalue weighted by Crippen LogP contribution is 2.25. The van der Waals surface area contributed by atoms with Crippen LogP contribution in [0.25, 0.3) is 0 Å². The number of sulfonamides is 1. The number of hydrogen-bond donors (Lipinski definition) is 2. The lowest BCUT2D eigenvalue weighted by Crippen LogP contribution is -2.46. The van der Waals surface area contributed by atoms with E-state index in [-0.39, 0.29) is 17.9 Å². The molecular weight excluding hydrogens is 270 g/mol. The number of hydrogen-bond acceptors (Lipinski definition) is 4. The maximum atomic E-state index is 12.5. The van der Waals surface area contributed by atoms with E-state index in [9.17, 15) is 13.2 Å². The van der Waals surface area contributed by atoms with Crippen LogP contribution in [-0.4, -0.2) is 46.1 Å². The molecule has 0 unspecified atom stereocenters. The second-order valence-electron chi connectivity index (χ2n) is 5.25. The molecule has 0 saturated carbocycles. The standard InChI is InChI=1S/C11H19N3O4S/c1-8-9(7-12-13-8)19(17,18)14(11(2,3)4)6-5-10(15)16/h7H,5-6H2,1-4H3,(H,12,13)(H,15,16). The molecule has 0 bridgehead atoms. The van der Waals surface area contributed by atoms with Crippen LogP contribution >= 0.6 is 0 Å². The second kappa shape index (κ2) is 5.30. The Morgan fingerprint density at radius 2 is 2.05 bits per heavy atom. The number of nitrogens with one attached hydrogen (secondary N) is 1. The summed E-state index contributed by atoms with van der Waals surface area (Å²) >= 11 is 0. The van der Waals surface area contributed by atoms with E-state index in [1.54, 1.807) is 27.7 Å². The van der Waals surface area contributed by atoms with Gasteiger partial charge in [-0.05, 0) is 27.7 Å². The monoisotopic (exact) mass is 289 g/mol. The lowest BCUT2D eigenvalue weighted by molar-refractivity contribution is -0.137. The maximum Gasteiger partial charge on any atom is 0.304 e. The van der Waals surface area contributed by atoms with Crippen molar-refractivity contribution in [2.24, 2.45) is 0 Å². The van der Waals surface area contributed by atoms with Gasteiger partial charge in [0, 0.05) is 12.1 Å². The number of nitrogens with zero attached hydrogens (tertiary/aromatic N) is 2. The molecule has 0 aliphatic rings. The first-order valence-corrected chi connectivity index (χ1v) is 7.25. The van der Waals surface area contributed by atoms with Crippen LogP contribution in [0.4, 0.5) is 0 Å². The Labute approximate surface area is 112 Å². The Hall–Kier alpha value is -1.41. The summed E-state index contributed by atoms with van der Waals surface area (Å²) in [7, 11) is -3.77. The molecule has 0 aliphatic carbocycles. The normalized spacial score (nSPS) is 12.9. The molecule has 108 valence electrons. The first-order valence-electron chi connectivity index (χ1n) is 5.81. The molecule has 1 heterocycles. The van der Waals surface area contributed by atoms with Gasteiger partial charge < -0.3 is 5.11 Å². The predicted octanol–water partition coefficient (Wildman–Crippen LogP) is 0.982. The van der Waals surface area contributed by atoms with Gasteiger partial charge in [0.15, 0.2) is 0 Å². The van der Waals surface area contributed by atoms with E-state index in [2.05, 4.69) is 10.2 Å². The van der Waals surface area contributed by atoms with Gasteiger partial charge in [0.1, 0.15) is 4.90 Å². The highest BCUT2D eigenvalue weighted by atomic mass is 32.2. The maximum absolute atomic E-state index is 12.5. The molecule has 0 spiro atoms. The van der Waals surface area contributed by atoms with Crippen molar-refractivity contribution in [3.8, 4) is 0 Å². The number of aromatic nitrogens is 2. The fourth-order valence-corrected chi connectivity index (χ4v) is 3.64. The number of carbonyl (C=O) groups is 1. The summed E-state index contributed by atoms with van der Waals surface area (Å²) in [5.41, 5.74) is -0.276. The Morgan fingerprint density at radius 3 is 2.42 bits per heavy atom. The largest absolute Gasteiger partial charge is 0.481 e. The zero-order valence-corrected chi connectivity index (χ0v) is 12.3. The SMILES string of the molecule is Cc1[nH]ncc1S(=O)(=O)N(CCC(=O)O)C(C)(C)C. The first-order chi connectivity index (χ1) is 8.56. The Bertz CT molecular complexity index is 557. The summed E-state index contributed by atoms with van der Waals surface area (Å²) < 4.78 is 26.3. The van der Waals surface area contributed by atoms with Crippen LogP contribution in [0.3, 0.4) is 0 Å². The van der Waals surface area contributed by atoms with Crippen LogP contribution in [0.2, 0.25) is 0 Å². The highest BCUT2D eigenvalue weighted by molar-refractivity contribution is 7.89. The van der Waals surface area contributed by atoms with Gasteiger partial charge in [0.05, 0.1) is 18.3 Å². The van der Waals surface area contributed by atoms with Gasteiger partial charge in [-0.25, -0.2) is 8.42 Å². The van der Waals surface area contributed by atoms with Gasteiger partial charge in [0.25, 0.3) is 0 Å². The van der Waals surface area contributed by atoms with Crippen molar-refractivity contribution in [1.29, 1.82) is 0 Å². The van der Waals surface area contributed by atoms with Gasteiger partial charge in [0.2, 0.25) is 10.0 Å². The van der Waals surface area contributed by atoms with E-state index < -0.39 is 21.5 Å². The van der Waals surface area contributed by atoms with E-state index in [1.807, 2.05) is 0 Å². The fraction of sp³-hybridized carbons (Fsp3) is 0.636. The van der Waals surface area contributed by atoms with Crippen LogP contribution < -0.4 is 0 Å². The van der Waals surface area contributed by atoms with Crippen molar-refractivity contribution < 1.29 is 18.3 Å². The minimum atomic E-state index is -3.77. The van der Waals surface area contributed by atoms with Crippen molar-refractivity contribution in [2.75, 3.05) is 6.54 Å². The third-order valence-corrected chi connectivity index (χ3v) is 4.91. The summed E-state index contributed by atoms with van der Waals surface area (Å²) in [6, 6.07) is 0. The van der Waals surface area contributed by atoms with Gasteiger partial charge in [-0.15, -0.1) is 0 Å². The van der Waals surface area contributed by atoms with Crippen molar-refractivity contribution in [3.63, 3.8) is 0 Å². The third-order valence-electron chi connectivity index (χ3n) is 2.63. The van der Waals surface area contributed by atoms with Crippen molar-refractivity contribution in [1.82, 2.24) is 14.5 Å². The second-order valence-corrected chi connectivity index (χ2v) is 7.08. The van der Waals surface area contributed by atoms with Gasteiger partial charge in [-0.1, -0.05) is 0 Å². The molecule has 0 amide bonds. The highest BCUT2D eigenvalue weighted by Gasteiger charge is 2.35. The van der Waals surface area contributed by atoms with Gasteiger partial charge in [-0.2, -0.15) is 9.40 Å². The number of rotatable bonds is 5. The van der Waals surface area contributed by atoms with Crippen LogP contribution in [0.5, 0.6) is 0 Å². The molecule has 19 heavy (non-hydrogen) atoms. The van der Waals surface area contributed by atoms with Crippen LogP contribution in [-0.2, 0) is 14.8 Å². The molecule has 0 radical (unpaired) electrons. The fourth-order valence-electron chi connectivity index (χ4n) is 1.73. The molecule has 0 saturated heterocycles. The van der Waals surface area contributed by atoms with Crippen molar-refractivity contribution >= 4 is 16.0 Å². The molecule has 0 atom stereocenters. The van der Waals surface area contributed by atoms with Crippen molar-refractivity contribution in [3.05, 3.63) is 11.9 Å². The summed E-state index contributed by atoms with van der Waals surface area (Å²) in [6.07, 6.45) is 0.998. The summed E-state index contributed by atoms with van der Waals surface area (Å²) in [5, 5.41) is 15.0. The van der Waals surface area contributed by atoms with Crippen LogP contribution in [0.1, 0.15) is 32.9 Å². The smallest absolute Gasteiger partial charge is 0.304 e. The van der Waals surface area contributed by atoms with Gasteiger partial charge >= 0.3 is 5.97 Å². The molecule has 7 nitrogen and oxygen atoms in total. The average Bonchev–Trinajstić information content (AvgIpc) is 2.62. The van der Waals surface area contributed by atoms with Crippen LogP contribution in [0.15, 0.2) is 11.1 Å². The first kappa shape index (κ1) is 15.6. The van der Waals surface area contributed by atoms with Gasteiger partial charge in [-0.3, -0.25) is 9.89 Å². The predicted molar refractivity (Wildman–Crippen MR) is 69.2 cm³/mol. The molecule has 2 N–H and O–H groups in total. The lowest BCUT2D eigenvalue weighted by Gasteiger charge is -2.33. The molecule has 1 aromatic rings. The van der Waals surface area contributed by atoms with E-state index in [1.165, 1.54) is 10.5 Å². The molecule has 8 heteroatoms. The van der Waals surface area contributed by atoms with E-state index in [4.69, 9.17) is 5.11 Å². The zero-order valence-electron chi connectivity index (χ0n) is 11.5. The lowest BCUT2D eigenvalue weighted by atomic mass is 10.1. The Balaban J connectivity index is 3.18.